The van der Waals surface area contributed by atoms with E-state index < -0.39 is 0 Å². The Hall–Kier alpha value is -1.25. The second-order valence-corrected chi connectivity index (χ2v) is 2.98. The van der Waals surface area contributed by atoms with Gasteiger partial charge in [-0.3, -0.25) is 0 Å². The van der Waals surface area contributed by atoms with Crippen molar-refractivity contribution in [1.82, 2.24) is 0 Å². The van der Waals surface area contributed by atoms with Crippen LogP contribution in [-0.2, 0) is 17.6 Å². The molecule has 0 aromatic carbocycles. The van der Waals surface area contributed by atoms with Crippen molar-refractivity contribution >= 4 is 5.97 Å². The monoisotopic (exact) mass is 196 g/mol. The van der Waals surface area contributed by atoms with Crippen molar-refractivity contribution in [2.45, 2.75) is 33.6 Å². The lowest BCUT2D eigenvalue weighted by molar-refractivity contribution is 0.0524. The van der Waals surface area contributed by atoms with E-state index in [9.17, 15) is 4.79 Å². The van der Waals surface area contributed by atoms with Crippen LogP contribution in [0.2, 0.25) is 0 Å². The van der Waals surface area contributed by atoms with Crippen LogP contribution < -0.4 is 0 Å². The Labute approximate surface area is 84.1 Å². The third-order valence-corrected chi connectivity index (χ3v) is 2.02. The van der Waals surface area contributed by atoms with Crippen molar-refractivity contribution in [2.24, 2.45) is 0 Å². The molecule has 0 spiro atoms. The molecule has 14 heavy (non-hydrogen) atoms. The number of furan rings is 1. The number of hydrogen-bond acceptors (Lipinski definition) is 3. The standard InChI is InChI=1S/C11H16O3/c1-4-8-7-9(10(5-2)14-8)11(12)13-6-3/h7H,4-6H2,1-3H3. The molecule has 0 aliphatic carbocycles. The zero-order chi connectivity index (χ0) is 10.6. The molecule has 0 atom stereocenters. The summed E-state index contributed by atoms with van der Waals surface area (Å²) in [5.74, 6) is 1.28. The summed E-state index contributed by atoms with van der Waals surface area (Å²) in [5, 5.41) is 0. The number of esters is 1. The van der Waals surface area contributed by atoms with Crippen LogP contribution in [0.3, 0.4) is 0 Å². The van der Waals surface area contributed by atoms with Crippen molar-refractivity contribution in [2.75, 3.05) is 6.61 Å². The molecule has 1 heterocycles. The third kappa shape index (κ3) is 2.16. The van der Waals surface area contributed by atoms with Crippen molar-refractivity contribution in [1.29, 1.82) is 0 Å². The summed E-state index contributed by atoms with van der Waals surface area (Å²) in [4.78, 5) is 11.5. The van der Waals surface area contributed by atoms with Crippen LogP contribution in [0, 0.1) is 0 Å². The van der Waals surface area contributed by atoms with Gasteiger partial charge in [-0.1, -0.05) is 13.8 Å². The van der Waals surface area contributed by atoms with E-state index in [0.29, 0.717) is 18.6 Å². The smallest absolute Gasteiger partial charge is 0.341 e. The Morgan fingerprint density at radius 3 is 2.57 bits per heavy atom. The van der Waals surface area contributed by atoms with Crippen LogP contribution in [-0.4, -0.2) is 12.6 Å². The SMILES string of the molecule is CCOC(=O)c1cc(CC)oc1CC. The molecule has 3 heteroatoms. The van der Waals surface area contributed by atoms with Crippen LogP contribution in [0.15, 0.2) is 10.5 Å². The molecule has 0 fully saturated rings. The van der Waals surface area contributed by atoms with Crippen molar-refractivity contribution in [3.05, 3.63) is 23.2 Å². The van der Waals surface area contributed by atoms with E-state index in [1.165, 1.54) is 0 Å². The fourth-order valence-electron chi connectivity index (χ4n) is 1.30. The molecule has 0 radical (unpaired) electrons. The lowest BCUT2D eigenvalue weighted by Gasteiger charge is -1.99. The first-order chi connectivity index (χ1) is 6.72. The van der Waals surface area contributed by atoms with Gasteiger partial charge >= 0.3 is 5.97 Å². The highest BCUT2D eigenvalue weighted by Crippen LogP contribution is 2.17. The number of rotatable bonds is 4. The van der Waals surface area contributed by atoms with Gasteiger partial charge in [-0.05, 0) is 13.0 Å². The minimum Gasteiger partial charge on any atom is -0.465 e. The molecule has 1 aromatic rings. The van der Waals surface area contributed by atoms with Crippen LogP contribution in [0.25, 0.3) is 0 Å². The molecule has 0 saturated heterocycles. The highest BCUT2D eigenvalue weighted by Gasteiger charge is 2.16. The van der Waals surface area contributed by atoms with Gasteiger partial charge in [0.15, 0.2) is 0 Å². The van der Waals surface area contributed by atoms with Gasteiger partial charge in [0, 0.05) is 12.8 Å². The first-order valence-corrected chi connectivity index (χ1v) is 5.01. The molecule has 0 bridgehead atoms. The van der Waals surface area contributed by atoms with Gasteiger partial charge in [-0.2, -0.15) is 0 Å². The summed E-state index contributed by atoms with van der Waals surface area (Å²) >= 11 is 0. The van der Waals surface area contributed by atoms with Gasteiger partial charge in [-0.15, -0.1) is 0 Å². The molecule has 1 aromatic heterocycles. The van der Waals surface area contributed by atoms with Crippen LogP contribution in [0.1, 0.15) is 42.6 Å². The zero-order valence-corrected chi connectivity index (χ0v) is 8.92. The lowest BCUT2D eigenvalue weighted by atomic mass is 10.2. The maximum Gasteiger partial charge on any atom is 0.341 e. The summed E-state index contributed by atoms with van der Waals surface area (Å²) in [6, 6.07) is 1.77. The van der Waals surface area contributed by atoms with Crippen LogP contribution in [0.5, 0.6) is 0 Å². The van der Waals surface area contributed by atoms with Crippen molar-refractivity contribution in [3.8, 4) is 0 Å². The predicted molar refractivity (Wildman–Crippen MR) is 53.4 cm³/mol. The summed E-state index contributed by atoms with van der Waals surface area (Å²) in [7, 11) is 0. The number of ether oxygens (including phenoxy) is 1. The molecule has 0 amide bonds. The first-order valence-electron chi connectivity index (χ1n) is 5.01. The van der Waals surface area contributed by atoms with Gasteiger partial charge in [-0.25, -0.2) is 4.79 Å². The fourth-order valence-corrected chi connectivity index (χ4v) is 1.30. The second kappa shape index (κ2) is 4.84. The van der Waals surface area contributed by atoms with Crippen LogP contribution >= 0.6 is 0 Å². The fraction of sp³-hybridized carbons (Fsp3) is 0.545. The normalized spacial score (nSPS) is 10.2. The molecular weight excluding hydrogens is 180 g/mol. The molecule has 3 nitrogen and oxygen atoms in total. The summed E-state index contributed by atoms with van der Waals surface area (Å²) in [6.45, 7) is 6.15. The van der Waals surface area contributed by atoms with Gasteiger partial charge < -0.3 is 9.15 Å². The van der Waals surface area contributed by atoms with E-state index in [2.05, 4.69) is 0 Å². The Morgan fingerprint density at radius 1 is 1.36 bits per heavy atom. The van der Waals surface area contributed by atoms with E-state index >= 15 is 0 Å². The number of carbonyl (C=O) groups excluding carboxylic acids is 1. The quantitative estimate of drug-likeness (QED) is 0.695. The topological polar surface area (TPSA) is 39.4 Å². The van der Waals surface area contributed by atoms with E-state index in [1.54, 1.807) is 13.0 Å². The molecule has 0 N–H and O–H groups in total. The molecular formula is C11H16O3. The Balaban J connectivity index is 2.93. The number of hydrogen-bond donors (Lipinski definition) is 0. The molecule has 78 valence electrons. The van der Waals surface area contributed by atoms with Crippen molar-refractivity contribution in [3.63, 3.8) is 0 Å². The second-order valence-electron chi connectivity index (χ2n) is 2.98. The zero-order valence-electron chi connectivity index (χ0n) is 8.92. The van der Waals surface area contributed by atoms with Gasteiger partial charge in [0.05, 0.1) is 6.61 Å². The molecule has 1 rings (SSSR count). The number of aryl methyl sites for hydroxylation is 2. The van der Waals surface area contributed by atoms with E-state index in [1.807, 2.05) is 13.8 Å². The molecule has 0 unspecified atom stereocenters. The predicted octanol–water partition coefficient (Wildman–Crippen LogP) is 2.58. The minimum absolute atomic E-state index is 0.284. The Morgan fingerprint density at radius 2 is 2.07 bits per heavy atom. The van der Waals surface area contributed by atoms with E-state index in [0.717, 1.165) is 17.9 Å². The van der Waals surface area contributed by atoms with E-state index in [-0.39, 0.29) is 5.97 Å². The largest absolute Gasteiger partial charge is 0.465 e. The molecule has 0 aliphatic heterocycles. The third-order valence-electron chi connectivity index (χ3n) is 2.02. The maximum atomic E-state index is 11.5. The van der Waals surface area contributed by atoms with Gasteiger partial charge in [0.25, 0.3) is 0 Å². The maximum absolute atomic E-state index is 11.5. The highest BCUT2D eigenvalue weighted by atomic mass is 16.5. The van der Waals surface area contributed by atoms with Crippen LogP contribution in [0.4, 0.5) is 0 Å². The molecule has 0 saturated carbocycles. The van der Waals surface area contributed by atoms with Gasteiger partial charge in [0.1, 0.15) is 17.1 Å². The summed E-state index contributed by atoms with van der Waals surface area (Å²) in [5.41, 5.74) is 0.575. The molecule has 0 aliphatic rings. The Kier molecular flexibility index (Phi) is 3.74. The average molecular weight is 196 g/mol. The summed E-state index contributed by atoms with van der Waals surface area (Å²) < 4.78 is 10.4. The van der Waals surface area contributed by atoms with Crippen molar-refractivity contribution < 1.29 is 13.9 Å². The van der Waals surface area contributed by atoms with E-state index in [4.69, 9.17) is 9.15 Å². The lowest BCUT2D eigenvalue weighted by Crippen LogP contribution is -2.05. The average Bonchev–Trinajstić information content (AvgIpc) is 2.61. The number of carbonyl (C=O) groups is 1. The van der Waals surface area contributed by atoms with Gasteiger partial charge in [0.2, 0.25) is 0 Å². The first kappa shape index (κ1) is 10.8. The Bertz CT molecular complexity index is 312. The highest BCUT2D eigenvalue weighted by molar-refractivity contribution is 5.90. The summed E-state index contributed by atoms with van der Waals surface area (Å²) in [6.07, 6.45) is 1.51. The minimum atomic E-state index is -0.284.